The van der Waals surface area contributed by atoms with Gasteiger partial charge >= 0.3 is 0 Å². The minimum atomic E-state index is -3.15. The molecule has 0 heterocycles. The van der Waals surface area contributed by atoms with E-state index in [0.717, 1.165) is 17.4 Å². The molecule has 0 saturated carbocycles. The SMILES string of the molecule is Cc1cc(C)cc(C(O)CS(C)(=O)=O)c1. The number of hydrogen-bond donors (Lipinski definition) is 1. The zero-order valence-electron chi connectivity index (χ0n) is 9.19. The topological polar surface area (TPSA) is 54.4 Å². The summed E-state index contributed by atoms with van der Waals surface area (Å²) in [5, 5.41) is 9.73. The van der Waals surface area contributed by atoms with Gasteiger partial charge in [0.1, 0.15) is 9.84 Å². The molecule has 0 fully saturated rings. The Hall–Kier alpha value is -0.870. The van der Waals surface area contributed by atoms with Crippen molar-refractivity contribution in [2.75, 3.05) is 12.0 Å². The van der Waals surface area contributed by atoms with Crippen molar-refractivity contribution in [3.63, 3.8) is 0 Å². The largest absolute Gasteiger partial charge is 0.387 e. The van der Waals surface area contributed by atoms with Gasteiger partial charge in [0, 0.05) is 6.26 Å². The first-order valence-corrected chi connectivity index (χ1v) is 6.78. The summed E-state index contributed by atoms with van der Waals surface area (Å²) in [6.45, 7) is 3.84. The van der Waals surface area contributed by atoms with E-state index in [-0.39, 0.29) is 5.75 Å². The van der Waals surface area contributed by atoms with Crippen molar-refractivity contribution in [2.45, 2.75) is 20.0 Å². The van der Waals surface area contributed by atoms with Crippen LogP contribution in [0, 0.1) is 13.8 Å². The molecule has 0 amide bonds. The Kier molecular flexibility index (Phi) is 3.52. The van der Waals surface area contributed by atoms with Crippen LogP contribution in [0.5, 0.6) is 0 Å². The van der Waals surface area contributed by atoms with Gasteiger partial charge in [-0.1, -0.05) is 29.3 Å². The number of rotatable bonds is 3. The molecular formula is C11H16O3S. The molecule has 0 aliphatic carbocycles. The Balaban J connectivity index is 2.96. The van der Waals surface area contributed by atoms with E-state index in [0.29, 0.717) is 5.56 Å². The molecular weight excluding hydrogens is 212 g/mol. The molecule has 0 aliphatic heterocycles. The summed E-state index contributed by atoms with van der Waals surface area (Å²) in [5.41, 5.74) is 2.72. The minimum Gasteiger partial charge on any atom is -0.387 e. The number of hydrogen-bond acceptors (Lipinski definition) is 3. The van der Waals surface area contributed by atoms with Gasteiger partial charge in [-0.2, -0.15) is 0 Å². The standard InChI is InChI=1S/C11H16O3S/c1-8-4-9(2)6-10(5-8)11(12)7-15(3,13)14/h4-6,11-12H,7H2,1-3H3. The fourth-order valence-corrected chi connectivity index (χ4v) is 2.35. The lowest BCUT2D eigenvalue weighted by molar-refractivity contribution is 0.201. The summed E-state index contributed by atoms with van der Waals surface area (Å²) in [6.07, 6.45) is 0.192. The first kappa shape index (κ1) is 12.2. The second-order valence-corrected chi connectivity index (χ2v) is 6.21. The van der Waals surface area contributed by atoms with Crippen molar-refractivity contribution in [3.05, 3.63) is 34.9 Å². The van der Waals surface area contributed by atoms with Crippen LogP contribution in [0.4, 0.5) is 0 Å². The lowest BCUT2D eigenvalue weighted by atomic mass is 10.0. The van der Waals surface area contributed by atoms with Crippen molar-refractivity contribution >= 4 is 9.84 Å². The summed E-state index contributed by atoms with van der Waals surface area (Å²) in [7, 11) is -3.15. The predicted octanol–water partition coefficient (Wildman–Crippen LogP) is 1.38. The van der Waals surface area contributed by atoms with Crippen LogP contribution in [0.15, 0.2) is 18.2 Å². The molecule has 1 rings (SSSR count). The average Bonchev–Trinajstić information content (AvgIpc) is 1.98. The van der Waals surface area contributed by atoms with Gasteiger partial charge in [0.2, 0.25) is 0 Å². The fraction of sp³-hybridized carbons (Fsp3) is 0.455. The minimum absolute atomic E-state index is 0.226. The van der Waals surface area contributed by atoms with Crippen molar-refractivity contribution in [1.82, 2.24) is 0 Å². The van der Waals surface area contributed by atoms with E-state index in [1.54, 1.807) is 0 Å². The lowest BCUT2D eigenvalue weighted by Crippen LogP contribution is -2.13. The fourth-order valence-electron chi connectivity index (χ4n) is 1.59. The van der Waals surface area contributed by atoms with Gasteiger partial charge in [-0.15, -0.1) is 0 Å². The van der Waals surface area contributed by atoms with Crippen LogP contribution < -0.4 is 0 Å². The van der Waals surface area contributed by atoms with Crippen molar-refractivity contribution in [2.24, 2.45) is 0 Å². The van der Waals surface area contributed by atoms with Crippen LogP contribution in [-0.4, -0.2) is 25.5 Å². The Bertz CT molecular complexity index is 429. The summed E-state index contributed by atoms with van der Waals surface area (Å²) >= 11 is 0. The van der Waals surface area contributed by atoms with Crippen molar-refractivity contribution in [1.29, 1.82) is 0 Å². The highest BCUT2D eigenvalue weighted by Crippen LogP contribution is 2.18. The molecule has 0 aliphatic rings. The molecule has 1 aromatic carbocycles. The number of benzene rings is 1. The molecule has 3 nitrogen and oxygen atoms in total. The van der Waals surface area contributed by atoms with Gasteiger partial charge < -0.3 is 5.11 Å². The predicted molar refractivity (Wildman–Crippen MR) is 60.6 cm³/mol. The Labute approximate surface area is 90.7 Å². The van der Waals surface area contributed by atoms with Gasteiger partial charge in [-0.3, -0.25) is 0 Å². The monoisotopic (exact) mass is 228 g/mol. The van der Waals surface area contributed by atoms with E-state index in [1.807, 2.05) is 32.0 Å². The van der Waals surface area contributed by atoms with Crippen molar-refractivity contribution < 1.29 is 13.5 Å². The maximum absolute atomic E-state index is 11.0. The molecule has 1 aromatic rings. The van der Waals surface area contributed by atoms with Crippen LogP contribution in [0.1, 0.15) is 22.8 Å². The van der Waals surface area contributed by atoms with E-state index >= 15 is 0 Å². The van der Waals surface area contributed by atoms with Crippen LogP contribution in [0.2, 0.25) is 0 Å². The van der Waals surface area contributed by atoms with Gasteiger partial charge in [0.15, 0.2) is 0 Å². The summed E-state index contributed by atoms with van der Waals surface area (Å²) in [4.78, 5) is 0. The number of aliphatic hydroxyl groups is 1. The molecule has 0 radical (unpaired) electrons. The van der Waals surface area contributed by atoms with Crippen LogP contribution >= 0.6 is 0 Å². The lowest BCUT2D eigenvalue weighted by Gasteiger charge is -2.11. The van der Waals surface area contributed by atoms with Gasteiger partial charge in [-0.05, 0) is 19.4 Å². The Morgan fingerprint density at radius 2 is 1.67 bits per heavy atom. The normalized spacial score (nSPS) is 13.9. The zero-order valence-corrected chi connectivity index (χ0v) is 10.0. The van der Waals surface area contributed by atoms with Crippen LogP contribution in [-0.2, 0) is 9.84 Å². The molecule has 4 heteroatoms. The van der Waals surface area contributed by atoms with Crippen molar-refractivity contribution in [3.8, 4) is 0 Å². The number of aliphatic hydroxyl groups excluding tert-OH is 1. The molecule has 0 spiro atoms. The second kappa shape index (κ2) is 4.33. The smallest absolute Gasteiger partial charge is 0.150 e. The molecule has 15 heavy (non-hydrogen) atoms. The summed E-state index contributed by atoms with van der Waals surface area (Å²) in [6, 6.07) is 5.60. The highest BCUT2D eigenvalue weighted by atomic mass is 32.2. The van der Waals surface area contributed by atoms with E-state index < -0.39 is 15.9 Å². The average molecular weight is 228 g/mol. The first-order chi connectivity index (χ1) is 6.78. The molecule has 1 unspecified atom stereocenters. The van der Waals surface area contributed by atoms with E-state index in [4.69, 9.17) is 0 Å². The number of sulfone groups is 1. The van der Waals surface area contributed by atoms with Gasteiger partial charge in [0.25, 0.3) is 0 Å². The molecule has 0 saturated heterocycles. The third-order valence-electron chi connectivity index (χ3n) is 2.09. The van der Waals surface area contributed by atoms with E-state index in [1.165, 1.54) is 0 Å². The van der Waals surface area contributed by atoms with E-state index in [2.05, 4.69) is 0 Å². The molecule has 1 atom stereocenters. The Morgan fingerprint density at radius 1 is 1.20 bits per heavy atom. The quantitative estimate of drug-likeness (QED) is 0.850. The van der Waals surface area contributed by atoms with Crippen LogP contribution in [0.25, 0.3) is 0 Å². The summed E-state index contributed by atoms with van der Waals surface area (Å²) < 4.78 is 22.0. The van der Waals surface area contributed by atoms with E-state index in [9.17, 15) is 13.5 Å². The van der Waals surface area contributed by atoms with Gasteiger partial charge in [0.05, 0.1) is 11.9 Å². The molecule has 1 N–H and O–H groups in total. The third kappa shape index (κ3) is 4.01. The van der Waals surface area contributed by atoms with Gasteiger partial charge in [-0.25, -0.2) is 8.42 Å². The maximum Gasteiger partial charge on any atom is 0.150 e. The Morgan fingerprint density at radius 3 is 2.07 bits per heavy atom. The molecule has 84 valence electrons. The third-order valence-corrected chi connectivity index (χ3v) is 3.01. The van der Waals surface area contributed by atoms with Crippen LogP contribution in [0.3, 0.4) is 0 Å². The molecule has 0 bridgehead atoms. The highest BCUT2D eigenvalue weighted by molar-refractivity contribution is 7.90. The molecule has 0 aromatic heterocycles. The summed E-state index contributed by atoms with van der Waals surface area (Å²) in [5.74, 6) is -0.226. The second-order valence-electron chi connectivity index (χ2n) is 4.03. The highest BCUT2D eigenvalue weighted by Gasteiger charge is 2.14. The zero-order chi connectivity index (χ0) is 11.6. The first-order valence-electron chi connectivity index (χ1n) is 4.72. The number of aryl methyl sites for hydroxylation is 2. The maximum atomic E-state index is 11.0.